The van der Waals surface area contributed by atoms with Gasteiger partial charge in [-0.2, -0.15) is 0 Å². The van der Waals surface area contributed by atoms with Gasteiger partial charge >= 0.3 is 5.97 Å². The molecule has 0 N–H and O–H groups in total. The van der Waals surface area contributed by atoms with E-state index in [1.807, 2.05) is 6.92 Å². The van der Waals surface area contributed by atoms with E-state index in [9.17, 15) is 4.79 Å². The van der Waals surface area contributed by atoms with Crippen LogP contribution in [-0.2, 0) is 9.53 Å². The first-order chi connectivity index (χ1) is 11.7. The molecule has 0 saturated heterocycles. The van der Waals surface area contributed by atoms with Gasteiger partial charge in [-0.1, -0.05) is 65.2 Å². The Bertz CT molecular complexity index is 336. The summed E-state index contributed by atoms with van der Waals surface area (Å²) >= 11 is 0. The number of ether oxygens (including phenoxy) is 1. The minimum Gasteiger partial charge on any atom is -0.462 e. The summed E-state index contributed by atoms with van der Waals surface area (Å²) in [5.74, 6) is 2.87. The first-order valence-electron chi connectivity index (χ1n) is 10.9. The summed E-state index contributed by atoms with van der Waals surface area (Å²) in [5, 5.41) is 0. The molecule has 0 aromatic rings. The fourth-order valence-corrected chi connectivity index (χ4v) is 4.93. The second kappa shape index (κ2) is 11.2. The standard InChI is InChI=1S/C22H40O2/c1-3-5-6-7-8-9-18-10-12-19(13-11-18)20-14-16-21(17-15-20)24-22(23)4-2/h18-21H,3-17H2,1-2H3. The van der Waals surface area contributed by atoms with E-state index in [2.05, 4.69) is 6.92 Å². The average molecular weight is 337 g/mol. The highest BCUT2D eigenvalue weighted by molar-refractivity contribution is 5.69. The lowest BCUT2D eigenvalue weighted by Gasteiger charge is -2.37. The number of esters is 1. The van der Waals surface area contributed by atoms with E-state index in [0.29, 0.717) is 6.42 Å². The van der Waals surface area contributed by atoms with Crippen molar-refractivity contribution in [2.75, 3.05) is 0 Å². The second-order valence-corrected chi connectivity index (χ2v) is 8.36. The monoisotopic (exact) mass is 336 g/mol. The van der Waals surface area contributed by atoms with Crippen molar-refractivity contribution in [2.45, 2.75) is 116 Å². The van der Waals surface area contributed by atoms with Gasteiger partial charge in [0, 0.05) is 6.42 Å². The van der Waals surface area contributed by atoms with Gasteiger partial charge in [-0.15, -0.1) is 0 Å². The topological polar surface area (TPSA) is 26.3 Å². The lowest BCUT2D eigenvalue weighted by atomic mass is 9.70. The maximum Gasteiger partial charge on any atom is 0.305 e. The highest BCUT2D eigenvalue weighted by Crippen LogP contribution is 2.41. The molecule has 0 spiro atoms. The summed E-state index contributed by atoms with van der Waals surface area (Å²) in [6, 6.07) is 0. The van der Waals surface area contributed by atoms with Crippen LogP contribution in [0.2, 0.25) is 0 Å². The zero-order valence-corrected chi connectivity index (χ0v) is 16.2. The summed E-state index contributed by atoms with van der Waals surface area (Å²) < 4.78 is 5.53. The molecular formula is C22H40O2. The third-order valence-corrected chi connectivity index (χ3v) is 6.58. The second-order valence-electron chi connectivity index (χ2n) is 8.36. The summed E-state index contributed by atoms with van der Waals surface area (Å²) in [4.78, 5) is 11.4. The smallest absolute Gasteiger partial charge is 0.305 e. The number of carbonyl (C=O) groups excluding carboxylic acids is 1. The third kappa shape index (κ3) is 6.76. The molecule has 2 aliphatic rings. The molecule has 2 aliphatic carbocycles. The Labute approximate surface area is 150 Å². The molecule has 24 heavy (non-hydrogen) atoms. The number of carbonyl (C=O) groups is 1. The highest BCUT2D eigenvalue weighted by Gasteiger charge is 2.31. The van der Waals surface area contributed by atoms with Gasteiger partial charge in [0.2, 0.25) is 0 Å². The van der Waals surface area contributed by atoms with Crippen LogP contribution >= 0.6 is 0 Å². The molecule has 140 valence electrons. The molecular weight excluding hydrogens is 296 g/mol. The van der Waals surface area contributed by atoms with Crippen molar-refractivity contribution >= 4 is 5.97 Å². The van der Waals surface area contributed by atoms with Crippen LogP contribution in [0.4, 0.5) is 0 Å². The van der Waals surface area contributed by atoms with Crippen molar-refractivity contribution in [1.29, 1.82) is 0 Å². The van der Waals surface area contributed by atoms with Gasteiger partial charge in [0.05, 0.1) is 0 Å². The lowest BCUT2D eigenvalue weighted by Crippen LogP contribution is -2.29. The Morgan fingerprint density at radius 1 is 0.792 bits per heavy atom. The van der Waals surface area contributed by atoms with E-state index in [1.54, 1.807) is 0 Å². The van der Waals surface area contributed by atoms with Crippen LogP contribution in [0.5, 0.6) is 0 Å². The molecule has 2 nitrogen and oxygen atoms in total. The fraction of sp³-hybridized carbons (Fsp3) is 0.955. The Morgan fingerprint density at radius 2 is 1.38 bits per heavy atom. The summed E-state index contributed by atoms with van der Waals surface area (Å²) in [6.07, 6.45) is 20.0. The first-order valence-corrected chi connectivity index (χ1v) is 10.9. The van der Waals surface area contributed by atoms with Crippen LogP contribution in [0.15, 0.2) is 0 Å². The van der Waals surface area contributed by atoms with Gasteiger partial charge in [0.15, 0.2) is 0 Å². The Morgan fingerprint density at radius 3 is 1.96 bits per heavy atom. The first kappa shape index (κ1) is 19.8. The predicted molar refractivity (Wildman–Crippen MR) is 101 cm³/mol. The molecule has 0 unspecified atom stereocenters. The Kier molecular flexibility index (Phi) is 9.20. The minimum atomic E-state index is -0.0158. The van der Waals surface area contributed by atoms with Crippen molar-refractivity contribution in [3.05, 3.63) is 0 Å². The van der Waals surface area contributed by atoms with Crippen LogP contribution in [-0.4, -0.2) is 12.1 Å². The van der Waals surface area contributed by atoms with Crippen LogP contribution in [0.25, 0.3) is 0 Å². The Balaban J connectivity index is 1.57. The molecule has 0 atom stereocenters. The van der Waals surface area contributed by atoms with Crippen molar-refractivity contribution < 1.29 is 9.53 Å². The van der Waals surface area contributed by atoms with E-state index in [0.717, 1.165) is 30.6 Å². The zero-order chi connectivity index (χ0) is 17.2. The summed E-state index contributed by atoms with van der Waals surface area (Å²) in [5.41, 5.74) is 0. The molecule has 2 saturated carbocycles. The SMILES string of the molecule is CCCCCCCC1CCC(C2CCC(OC(=O)CC)CC2)CC1. The third-order valence-electron chi connectivity index (χ3n) is 6.58. The van der Waals surface area contributed by atoms with E-state index in [-0.39, 0.29) is 12.1 Å². The predicted octanol–water partition coefficient (Wildman–Crippen LogP) is 6.67. The van der Waals surface area contributed by atoms with Gasteiger partial charge < -0.3 is 4.74 Å². The fourth-order valence-electron chi connectivity index (χ4n) is 4.93. The van der Waals surface area contributed by atoms with E-state index in [4.69, 9.17) is 4.74 Å². The van der Waals surface area contributed by atoms with Crippen LogP contribution in [0, 0.1) is 17.8 Å². The summed E-state index contributed by atoms with van der Waals surface area (Å²) in [7, 11) is 0. The summed E-state index contributed by atoms with van der Waals surface area (Å²) in [6.45, 7) is 4.18. The molecule has 2 fully saturated rings. The zero-order valence-electron chi connectivity index (χ0n) is 16.2. The molecule has 2 heteroatoms. The maximum atomic E-state index is 11.4. The largest absolute Gasteiger partial charge is 0.462 e. The van der Waals surface area contributed by atoms with Crippen molar-refractivity contribution in [1.82, 2.24) is 0 Å². The van der Waals surface area contributed by atoms with Crippen LogP contribution in [0.1, 0.15) is 110 Å². The molecule has 0 aromatic heterocycles. The number of hydrogen-bond acceptors (Lipinski definition) is 2. The van der Waals surface area contributed by atoms with E-state index < -0.39 is 0 Å². The normalized spacial score (nSPS) is 30.9. The number of hydrogen-bond donors (Lipinski definition) is 0. The van der Waals surface area contributed by atoms with Crippen LogP contribution in [0.3, 0.4) is 0 Å². The number of unbranched alkanes of at least 4 members (excludes halogenated alkanes) is 4. The van der Waals surface area contributed by atoms with Crippen molar-refractivity contribution in [3.63, 3.8) is 0 Å². The molecule has 2 rings (SSSR count). The van der Waals surface area contributed by atoms with Crippen LogP contribution < -0.4 is 0 Å². The van der Waals surface area contributed by atoms with Gasteiger partial charge in [0.25, 0.3) is 0 Å². The molecule has 0 bridgehead atoms. The molecule has 0 amide bonds. The molecule has 0 radical (unpaired) electrons. The van der Waals surface area contributed by atoms with Crippen molar-refractivity contribution in [3.8, 4) is 0 Å². The van der Waals surface area contributed by atoms with Gasteiger partial charge in [-0.3, -0.25) is 4.79 Å². The maximum absolute atomic E-state index is 11.4. The minimum absolute atomic E-state index is 0.0158. The Hall–Kier alpha value is -0.530. The van der Waals surface area contributed by atoms with Gasteiger partial charge in [-0.05, 0) is 56.3 Å². The quantitative estimate of drug-likeness (QED) is 0.347. The van der Waals surface area contributed by atoms with Crippen molar-refractivity contribution in [2.24, 2.45) is 17.8 Å². The molecule has 0 aromatic carbocycles. The van der Waals surface area contributed by atoms with Gasteiger partial charge in [0.1, 0.15) is 6.10 Å². The van der Waals surface area contributed by atoms with Gasteiger partial charge in [-0.25, -0.2) is 0 Å². The highest BCUT2D eigenvalue weighted by atomic mass is 16.5. The number of rotatable bonds is 9. The molecule has 0 heterocycles. The molecule has 0 aliphatic heterocycles. The average Bonchev–Trinajstić information content (AvgIpc) is 2.63. The van der Waals surface area contributed by atoms with E-state index in [1.165, 1.54) is 77.0 Å². The van der Waals surface area contributed by atoms with E-state index >= 15 is 0 Å². The lowest BCUT2D eigenvalue weighted by molar-refractivity contribution is -0.150.